The summed E-state index contributed by atoms with van der Waals surface area (Å²) >= 11 is 0. The molecule has 0 bridgehead atoms. The number of nitrogens with two attached hydrogens (primary N) is 1. The van der Waals surface area contributed by atoms with Crippen LogP contribution in [0.5, 0.6) is 0 Å². The summed E-state index contributed by atoms with van der Waals surface area (Å²) in [7, 11) is 0. The van der Waals surface area contributed by atoms with Gasteiger partial charge in [0.05, 0.1) is 0 Å². The minimum Gasteiger partial charge on any atom is -0.368 e. The summed E-state index contributed by atoms with van der Waals surface area (Å²) in [6.07, 6.45) is 1.47. The number of ether oxygens (including phenoxy) is 1. The fourth-order valence-electron chi connectivity index (χ4n) is 0.802. The van der Waals surface area contributed by atoms with Gasteiger partial charge in [0.2, 0.25) is 5.91 Å². The quantitative estimate of drug-likeness (QED) is 0.589. The molecule has 0 aromatic carbocycles. The van der Waals surface area contributed by atoms with Crippen molar-refractivity contribution >= 4 is 5.91 Å². The van der Waals surface area contributed by atoms with E-state index in [9.17, 15) is 4.79 Å². The van der Waals surface area contributed by atoms with E-state index in [1.165, 1.54) is 0 Å². The van der Waals surface area contributed by atoms with Crippen LogP contribution in [0.2, 0.25) is 0 Å². The Balaban J connectivity index is 0.000000371. The first-order valence-electron chi connectivity index (χ1n) is 3.71. The SMILES string of the molecule is CC.NC(=O)[C@H]1CCCO1. The van der Waals surface area contributed by atoms with Crippen molar-refractivity contribution in [3.8, 4) is 0 Å². The summed E-state index contributed by atoms with van der Waals surface area (Å²) in [5.74, 6) is -0.331. The first-order valence-corrected chi connectivity index (χ1v) is 3.71. The maximum Gasteiger partial charge on any atom is 0.246 e. The predicted octanol–water partition coefficient (Wildman–Crippen LogP) is 0.677. The summed E-state index contributed by atoms with van der Waals surface area (Å²) in [4.78, 5) is 10.3. The molecule has 1 fully saturated rings. The molecule has 0 aliphatic carbocycles. The van der Waals surface area contributed by atoms with E-state index in [0.717, 1.165) is 12.8 Å². The number of hydrogen-bond donors (Lipinski definition) is 1. The Morgan fingerprint density at radius 1 is 1.60 bits per heavy atom. The maximum absolute atomic E-state index is 10.3. The molecular formula is C7H15NO2. The molecule has 0 aromatic heterocycles. The van der Waals surface area contributed by atoms with Gasteiger partial charge in [-0.05, 0) is 12.8 Å². The topological polar surface area (TPSA) is 52.3 Å². The third kappa shape index (κ3) is 2.82. The summed E-state index contributed by atoms with van der Waals surface area (Å²) in [5, 5.41) is 0. The second-order valence-electron chi connectivity index (χ2n) is 1.90. The number of carbonyl (C=O) groups excluding carboxylic acids is 1. The van der Waals surface area contributed by atoms with Crippen molar-refractivity contribution in [2.45, 2.75) is 32.8 Å². The van der Waals surface area contributed by atoms with Crippen molar-refractivity contribution in [1.29, 1.82) is 0 Å². The monoisotopic (exact) mass is 145 g/mol. The number of carbonyl (C=O) groups is 1. The molecule has 1 rings (SSSR count). The van der Waals surface area contributed by atoms with Crippen LogP contribution in [0.3, 0.4) is 0 Å². The smallest absolute Gasteiger partial charge is 0.246 e. The Morgan fingerprint density at radius 3 is 2.40 bits per heavy atom. The van der Waals surface area contributed by atoms with Crippen molar-refractivity contribution in [2.24, 2.45) is 5.73 Å². The van der Waals surface area contributed by atoms with Gasteiger partial charge in [-0.15, -0.1) is 0 Å². The molecule has 1 atom stereocenters. The molecule has 0 saturated carbocycles. The van der Waals surface area contributed by atoms with Gasteiger partial charge >= 0.3 is 0 Å². The fraction of sp³-hybridized carbons (Fsp3) is 0.857. The molecule has 3 nitrogen and oxygen atoms in total. The lowest BCUT2D eigenvalue weighted by Gasteiger charge is -2.00. The van der Waals surface area contributed by atoms with Crippen LogP contribution in [0.15, 0.2) is 0 Å². The van der Waals surface area contributed by atoms with E-state index in [4.69, 9.17) is 10.5 Å². The minimum atomic E-state index is -0.331. The van der Waals surface area contributed by atoms with Crippen LogP contribution in [0.1, 0.15) is 26.7 Å². The molecule has 1 aliphatic heterocycles. The zero-order chi connectivity index (χ0) is 7.98. The second kappa shape index (κ2) is 5.23. The number of primary amides is 1. The minimum absolute atomic E-state index is 0.296. The average molecular weight is 145 g/mol. The van der Waals surface area contributed by atoms with E-state index in [1.54, 1.807) is 0 Å². The van der Waals surface area contributed by atoms with Crippen molar-refractivity contribution in [2.75, 3.05) is 6.61 Å². The molecule has 60 valence electrons. The zero-order valence-electron chi connectivity index (χ0n) is 6.59. The standard InChI is InChI=1S/C5H9NO2.C2H6/c6-5(7)4-2-1-3-8-4;1-2/h4H,1-3H2,(H2,6,7);1-2H3/t4-;/m1./s1. The third-order valence-electron chi connectivity index (χ3n) is 1.25. The highest BCUT2D eigenvalue weighted by Crippen LogP contribution is 2.10. The highest BCUT2D eigenvalue weighted by molar-refractivity contribution is 5.78. The Bertz CT molecular complexity index is 97.8. The van der Waals surface area contributed by atoms with Crippen molar-refractivity contribution in [1.82, 2.24) is 0 Å². The van der Waals surface area contributed by atoms with Crippen LogP contribution in [-0.2, 0) is 9.53 Å². The van der Waals surface area contributed by atoms with Crippen LogP contribution < -0.4 is 5.73 Å². The Hall–Kier alpha value is -0.570. The molecule has 3 heteroatoms. The van der Waals surface area contributed by atoms with Gasteiger partial charge in [0.15, 0.2) is 0 Å². The van der Waals surface area contributed by atoms with Crippen molar-refractivity contribution < 1.29 is 9.53 Å². The summed E-state index contributed by atoms with van der Waals surface area (Å²) in [6.45, 7) is 4.69. The molecule has 0 spiro atoms. The Kier molecular flexibility index (Phi) is 4.94. The van der Waals surface area contributed by atoms with Gasteiger partial charge < -0.3 is 10.5 Å². The normalized spacial score (nSPS) is 23.2. The summed E-state index contributed by atoms with van der Waals surface area (Å²) in [5.41, 5.74) is 4.93. The third-order valence-corrected chi connectivity index (χ3v) is 1.25. The van der Waals surface area contributed by atoms with Gasteiger partial charge in [0, 0.05) is 6.61 Å². The molecule has 1 aliphatic rings. The van der Waals surface area contributed by atoms with Crippen LogP contribution in [0.25, 0.3) is 0 Å². The van der Waals surface area contributed by atoms with Gasteiger partial charge in [-0.3, -0.25) is 4.79 Å². The molecule has 1 amide bonds. The van der Waals surface area contributed by atoms with Gasteiger partial charge in [0.1, 0.15) is 6.10 Å². The zero-order valence-corrected chi connectivity index (χ0v) is 6.59. The first-order chi connectivity index (χ1) is 4.80. The lowest BCUT2D eigenvalue weighted by Crippen LogP contribution is -2.27. The van der Waals surface area contributed by atoms with E-state index in [0.29, 0.717) is 6.61 Å². The largest absolute Gasteiger partial charge is 0.368 e. The van der Waals surface area contributed by atoms with Gasteiger partial charge in [-0.25, -0.2) is 0 Å². The summed E-state index contributed by atoms with van der Waals surface area (Å²) < 4.78 is 4.94. The molecule has 0 unspecified atom stereocenters. The molecule has 1 heterocycles. The number of hydrogen-bond acceptors (Lipinski definition) is 2. The van der Waals surface area contributed by atoms with Gasteiger partial charge in [-0.2, -0.15) is 0 Å². The highest BCUT2D eigenvalue weighted by Gasteiger charge is 2.19. The molecule has 1 saturated heterocycles. The molecule has 0 radical (unpaired) electrons. The van der Waals surface area contributed by atoms with Crippen molar-refractivity contribution in [3.05, 3.63) is 0 Å². The maximum atomic E-state index is 10.3. The highest BCUT2D eigenvalue weighted by atomic mass is 16.5. The van der Waals surface area contributed by atoms with Gasteiger partial charge in [-0.1, -0.05) is 13.8 Å². The molecular weight excluding hydrogens is 130 g/mol. The Labute approximate surface area is 61.5 Å². The van der Waals surface area contributed by atoms with E-state index < -0.39 is 0 Å². The molecule has 2 N–H and O–H groups in total. The lowest BCUT2D eigenvalue weighted by atomic mass is 10.2. The van der Waals surface area contributed by atoms with E-state index in [2.05, 4.69) is 0 Å². The van der Waals surface area contributed by atoms with E-state index >= 15 is 0 Å². The average Bonchev–Trinajstić information content (AvgIpc) is 2.42. The first kappa shape index (κ1) is 9.43. The molecule has 10 heavy (non-hydrogen) atoms. The van der Waals surface area contributed by atoms with Gasteiger partial charge in [0.25, 0.3) is 0 Å². The molecule has 0 aromatic rings. The fourth-order valence-corrected chi connectivity index (χ4v) is 0.802. The van der Waals surface area contributed by atoms with Crippen LogP contribution in [0.4, 0.5) is 0 Å². The predicted molar refractivity (Wildman–Crippen MR) is 39.5 cm³/mol. The van der Waals surface area contributed by atoms with Crippen LogP contribution in [0, 0.1) is 0 Å². The lowest BCUT2D eigenvalue weighted by molar-refractivity contribution is -0.126. The Morgan fingerprint density at radius 2 is 2.20 bits per heavy atom. The van der Waals surface area contributed by atoms with E-state index in [1.807, 2.05) is 13.8 Å². The number of amides is 1. The van der Waals surface area contributed by atoms with Crippen LogP contribution >= 0.6 is 0 Å². The summed E-state index contributed by atoms with van der Waals surface area (Å²) in [6, 6.07) is 0. The van der Waals surface area contributed by atoms with Crippen molar-refractivity contribution in [3.63, 3.8) is 0 Å². The second-order valence-corrected chi connectivity index (χ2v) is 1.90. The van der Waals surface area contributed by atoms with Crippen LogP contribution in [-0.4, -0.2) is 18.6 Å². The number of rotatable bonds is 1. The van der Waals surface area contributed by atoms with E-state index in [-0.39, 0.29) is 12.0 Å².